The maximum atomic E-state index is 13.2. The average molecular weight is 513 g/mol. The van der Waals surface area contributed by atoms with Crippen molar-refractivity contribution in [2.24, 2.45) is 4.99 Å². The minimum atomic E-state index is -0.479. The molecule has 0 aliphatic carbocycles. The van der Waals surface area contributed by atoms with Crippen molar-refractivity contribution in [1.82, 2.24) is 0 Å². The van der Waals surface area contributed by atoms with Gasteiger partial charge in [0.25, 0.3) is 0 Å². The summed E-state index contributed by atoms with van der Waals surface area (Å²) in [5, 5.41) is 0. The Morgan fingerprint density at radius 1 is 1.10 bits per heavy atom. The molecule has 1 aliphatic heterocycles. The summed E-state index contributed by atoms with van der Waals surface area (Å²) in [6.45, 7) is 2.27. The summed E-state index contributed by atoms with van der Waals surface area (Å²) < 4.78 is 25.4. The van der Waals surface area contributed by atoms with E-state index in [9.17, 15) is 9.18 Å². The second kappa shape index (κ2) is 8.79. The summed E-state index contributed by atoms with van der Waals surface area (Å²) in [6, 6.07) is 19.3. The third-order valence-electron chi connectivity index (χ3n) is 4.50. The van der Waals surface area contributed by atoms with Crippen molar-refractivity contribution in [3.63, 3.8) is 0 Å². The Morgan fingerprint density at radius 2 is 1.90 bits per heavy atom. The average Bonchev–Trinajstić information content (AvgIpc) is 3.10. The van der Waals surface area contributed by atoms with E-state index in [1.165, 1.54) is 12.1 Å². The number of cyclic esters (lactones) is 1. The van der Waals surface area contributed by atoms with Gasteiger partial charge in [0.05, 0.1) is 0 Å². The standard InChI is InChI=1S/C24H17FINO3/c1-15-11-18(7-10-21(15)26)23-27-22(24(28)30-23)13-16-5-8-20(9-6-16)29-14-17-3-2-4-19(25)12-17/h2-13H,14H2,1H3/b22-13-. The molecule has 0 N–H and O–H groups in total. The number of carbonyl (C=O) groups is 1. The summed E-state index contributed by atoms with van der Waals surface area (Å²) in [6.07, 6.45) is 1.67. The molecule has 1 aliphatic rings. The molecule has 0 atom stereocenters. The van der Waals surface area contributed by atoms with Crippen molar-refractivity contribution >= 4 is 40.5 Å². The maximum absolute atomic E-state index is 13.2. The molecule has 3 aromatic carbocycles. The number of halogens is 2. The third kappa shape index (κ3) is 4.76. The molecule has 0 saturated heterocycles. The van der Waals surface area contributed by atoms with Crippen molar-refractivity contribution in [3.8, 4) is 5.75 Å². The number of hydrogen-bond donors (Lipinski definition) is 0. The molecule has 30 heavy (non-hydrogen) atoms. The quantitative estimate of drug-likeness (QED) is 0.251. The molecule has 0 saturated carbocycles. The van der Waals surface area contributed by atoms with Gasteiger partial charge in [-0.2, -0.15) is 0 Å². The van der Waals surface area contributed by atoms with Crippen molar-refractivity contribution in [3.05, 3.63) is 104 Å². The molecule has 1 heterocycles. The van der Waals surface area contributed by atoms with E-state index in [0.29, 0.717) is 11.6 Å². The minimum Gasteiger partial charge on any atom is -0.489 e. The molecular weight excluding hydrogens is 496 g/mol. The molecule has 150 valence electrons. The zero-order valence-corrected chi connectivity index (χ0v) is 18.2. The first kappa shape index (κ1) is 20.3. The first-order chi connectivity index (χ1) is 14.5. The SMILES string of the molecule is Cc1cc(C2=N/C(=C\c3ccc(OCc4cccc(F)c4)cc3)C(=O)O2)ccc1I. The van der Waals surface area contributed by atoms with Gasteiger partial charge in [0.1, 0.15) is 18.2 Å². The van der Waals surface area contributed by atoms with Gasteiger partial charge in [-0.05, 0) is 94.7 Å². The minimum absolute atomic E-state index is 0.245. The highest BCUT2D eigenvalue weighted by molar-refractivity contribution is 14.1. The highest BCUT2D eigenvalue weighted by Crippen LogP contribution is 2.22. The maximum Gasteiger partial charge on any atom is 0.363 e. The lowest BCUT2D eigenvalue weighted by Crippen LogP contribution is -2.05. The van der Waals surface area contributed by atoms with Crippen LogP contribution in [0.5, 0.6) is 5.75 Å². The van der Waals surface area contributed by atoms with Gasteiger partial charge < -0.3 is 9.47 Å². The molecule has 0 unspecified atom stereocenters. The van der Waals surface area contributed by atoms with E-state index in [1.54, 1.807) is 30.3 Å². The van der Waals surface area contributed by atoms with Crippen LogP contribution < -0.4 is 4.74 Å². The van der Waals surface area contributed by atoms with Crippen LogP contribution in [0.4, 0.5) is 4.39 Å². The number of benzene rings is 3. The topological polar surface area (TPSA) is 47.9 Å². The molecule has 0 fully saturated rings. The van der Waals surface area contributed by atoms with Gasteiger partial charge in [-0.1, -0.05) is 24.3 Å². The Morgan fingerprint density at radius 3 is 2.63 bits per heavy atom. The lowest BCUT2D eigenvalue weighted by Gasteiger charge is -2.06. The molecule has 0 bridgehead atoms. The van der Waals surface area contributed by atoms with Crippen LogP contribution in [0.25, 0.3) is 6.08 Å². The summed E-state index contributed by atoms with van der Waals surface area (Å²) in [5.74, 6) is 0.184. The molecule has 4 rings (SSSR count). The second-order valence-electron chi connectivity index (χ2n) is 6.79. The fourth-order valence-electron chi connectivity index (χ4n) is 2.92. The van der Waals surface area contributed by atoms with E-state index in [-0.39, 0.29) is 18.1 Å². The van der Waals surface area contributed by atoms with Gasteiger partial charge in [0.2, 0.25) is 5.90 Å². The van der Waals surface area contributed by atoms with Crippen LogP contribution in [0.15, 0.2) is 77.4 Å². The van der Waals surface area contributed by atoms with Crippen LogP contribution in [0.1, 0.15) is 22.3 Å². The van der Waals surface area contributed by atoms with Crippen molar-refractivity contribution < 1.29 is 18.7 Å². The van der Waals surface area contributed by atoms with E-state index < -0.39 is 5.97 Å². The number of nitrogens with zero attached hydrogens (tertiary/aromatic N) is 1. The summed E-state index contributed by atoms with van der Waals surface area (Å²) in [4.78, 5) is 16.6. The van der Waals surface area contributed by atoms with E-state index >= 15 is 0 Å². The molecule has 4 nitrogen and oxygen atoms in total. The van der Waals surface area contributed by atoms with Crippen molar-refractivity contribution in [2.75, 3.05) is 0 Å². The Bertz CT molecular complexity index is 1170. The number of carbonyl (C=O) groups excluding carboxylic acids is 1. The normalized spacial score (nSPS) is 14.6. The van der Waals surface area contributed by atoms with Gasteiger partial charge in [-0.25, -0.2) is 14.2 Å². The lowest BCUT2D eigenvalue weighted by atomic mass is 10.1. The number of aryl methyl sites for hydroxylation is 1. The molecule has 3 aromatic rings. The van der Waals surface area contributed by atoms with Crippen LogP contribution in [-0.2, 0) is 16.1 Å². The fourth-order valence-corrected chi connectivity index (χ4v) is 3.26. The monoisotopic (exact) mass is 513 g/mol. The molecule has 0 aromatic heterocycles. The lowest BCUT2D eigenvalue weighted by molar-refractivity contribution is -0.129. The summed E-state index contributed by atoms with van der Waals surface area (Å²) >= 11 is 2.25. The van der Waals surface area contributed by atoms with Crippen LogP contribution in [0, 0.1) is 16.3 Å². The van der Waals surface area contributed by atoms with E-state index in [0.717, 1.165) is 25.8 Å². The van der Waals surface area contributed by atoms with Gasteiger partial charge in [-0.3, -0.25) is 0 Å². The van der Waals surface area contributed by atoms with Crippen LogP contribution in [-0.4, -0.2) is 11.9 Å². The molecule has 0 spiro atoms. The molecular formula is C24H17FINO3. The molecule has 0 amide bonds. The van der Waals surface area contributed by atoms with Gasteiger partial charge in [0, 0.05) is 9.13 Å². The highest BCUT2D eigenvalue weighted by atomic mass is 127. The van der Waals surface area contributed by atoms with E-state index in [2.05, 4.69) is 27.6 Å². The third-order valence-corrected chi connectivity index (χ3v) is 5.71. The number of rotatable bonds is 5. The second-order valence-corrected chi connectivity index (χ2v) is 7.95. The number of esters is 1. The molecule has 6 heteroatoms. The van der Waals surface area contributed by atoms with Crippen LogP contribution in [0.2, 0.25) is 0 Å². The smallest absolute Gasteiger partial charge is 0.363 e. The Kier molecular flexibility index (Phi) is 5.94. The van der Waals surface area contributed by atoms with E-state index in [1.807, 2.05) is 37.3 Å². The Hall–Kier alpha value is -3.00. The zero-order chi connectivity index (χ0) is 21.1. The highest BCUT2D eigenvalue weighted by Gasteiger charge is 2.24. The number of hydrogen-bond acceptors (Lipinski definition) is 4. The summed E-state index contributed by atoms with van der Waals surface area (Å²) in [5.41, 5.74) is 3.66. The first-order valence-corrected chi connectivity index (χ1v) is 10.3. The predicted molar refractivity (Wildman–Crippen MR) is 122 cm³/mol. The van der Waals surface area contributed by atoms with Gasteiger partial charge >= 0.3 is 5.97 Å². The molecule has 0 radical (unpaired) electrons. The largest absolute Gasteiger partial charge is 0.489 e. The van der Waals surface area contributed by atoms with Gasteiger partial charge in [-0.15, -0.1) is 0 Å². The Balaban J connectivity index is 1.46. The van der Waals surface area contributed by atoms with Crippen LogP contribution in [0.3, 0.4) is 0 Å². The Labute approximate surface area is 187 Å². The van der Waals surface area contributed by atoms with Crippen molar-refractivity contribution in [2.45, 2.75) is 13.5 Å². The fraction of sp³-hybridized carbons (Fsp3) is 0.0833. The van der Waals surface area contributed by atoms with Crippen molar-refractivity contribution in [1.29, 1.82) is 0 Å². The number of ether oxygens (including phenoxy) is 2. The van der Waals surface area contributed by atoms with E-state index in [4.69, 9.17) is 9.47 Å². The predicted octanol–water partition coefficient (Wildman–Crippen LogP) is 5.66. The number of aliphatic imine (C=N–C) groups is 1. The van der Waals surface area contributed by atoms with Gasteiger partial charge in [0.15, 0.2) is 5.70 Å². The first-order valence-electron chi connectivity index (χ1n) is 9.24. The summed E-state index contributed by atoms with van der Waals surface area (Å²) in [7, 11) is 0. The van der Waals surface area contributed by atoms with Crippen LogP contribution >= 0.6 is 22.6 Å². The zero-order valence-electron chi connectivity index (χ0n) is 16.1.